The second kappa shape index (κ2) is 17.1. The van der Waals surface area contributed by atoms with Crippen molar-refractivity contribution in [1.82, 2.24) is 24.9 Å². The monoisotopic (exact) mass is 1210 g/mol. The highest BCUT2D eigenvalue weighted by Gasteiger charge is 2.54. The van der Waals surface area contributed by atoms with Crippen molar-refractivity contribution in [2.75, 3.05) is 0 Å². The third-order valence-corrected chi connectivity index (χ3v) is 25.3. The largest absolute Gasteiger partial charge is 0.359 e. The molecule has 0 saturated heterocycles. The Labute approximate surface area is 548 Å². The molecule has 15 aliphatic carbocycles. The van der Waals surface area contributed by atoms with Crippen LogP contribution in [-0.2, 0) is 0 Å². The van der Waals surface area contributed by atoms with Crippen molar-refractivity contribution >= 4 is 0 Å². The summed E-state index contributed by atoms with van der Waals surface area (Å²) in [6, 6.07) is 93.8. The van der Waals surface area contributed by atoms with Crippen LogP contribution in [0.2, 0.25) is 0 Å². The van der Waals surface area contributed by atoms with Crippen molar-refractivity contribution in [3.05, 3.63) is 422 Å². The second-order valence-electron chi connectivity index (χ2n) is 28.8. The molecule has 0 aliphatic heterocycles. The Balaban J connectivity index is 0.801. The molecule has 5 nitrogen and oxygen atoms in total. The van der Waals surface area contributed by atoms with E-state index in [9.17, 15) is 0 Å². The molecule has 0 spiro atoms. The maximum atomic E-state index is 4.68. The van der Waals surface area contributed by atoms with Crippen LogP contribution < -0.4 is 0 Å². The fraction of sp³-hybridized carbons (Fsp3) is 0.111. The highest BCUT2D eigenvalue weighted by atomic mass is 14.9. The zero-order valence-electron chi connectivity index (χ0n) is 51.5. The molecule has 10 bridgehead atoms. The molecule has 0 amide bonds. The molecular formula is C90H57N5. The van der Waals surface area contributed by atoms with Crippen LogP contribution in [0.5, 0.6) is 0 Å². The van der Waals surface area contributed by atoms with Crippen molar-refractivity contribution in [2.24, 2.45) is 0 Å². The van der Waals surface area contributed by atoms with E-state index in [1.165, 1.54) is 212 Å². The first-order valence-electron chi connectivity index (χ1n) is 34.3. The number of rotatable bonds is 4. The zero-order valence-corrected chi connectivity index (χ0v) is 51.5. The molecule has 15 aromatic rings. The van der Waals surface area contributed by atoms with Crippen molar-refractivity contribution in [2.45, 2.75) is 59.2 Å². The highest BCUT2D eigenvalue weighted by molar-refractivity contribution is 5.94. The lowest BCUT2D eigenvalue weighted by Crippen LogP contribution is -2.28. The summed E-state index contributed by atoms with van der Waals surface area (Å²) in [7, 11) is 0. The van der Waals surface area contributed by atoms with E-state index in [2.05, 4.69) is 280 Å². The second-order valence-corrected chi connectivity index (χ2v) is 28.8. The summed E-state index contributed by atoms with van der Waals surface area (Å²) in [5.74, 6) is 0.426. The third-order valence-electron chi connectivity index (χ3n) is 25.3. The molecule has 15 aliphatic rings. The zero-order chi connectivity index (χ0) is 60.9. The number of aromatic nitrogens is 5. The average molecular weight is 1210 g/mol. The Morgan fingerprint density at radius 1 is 0.137 bits per heavy atom. The lowest BCUT2D eigenvalue weighted by Gasteiger charge is -2.43. The summed E-state index contributed by atoms with van der Waals surface area (Å²) in [5, 5.41) is 0. The van der Waals surface area contributed by atoms with Gasteiger partial charge in [-0.1, -0.05) is 243 Å². The number of hydrogen-bond acceptors (Lipinski definition) is 0. The van der Waals surface area contributed by atoms with Gasteiger partial charge >= 0.3 is 0 Å². The van der Waals surface area contributed by atoms with Crippen molar-refractivity contribution in [1.29, 1.82) is 0 Å². The Bertz CT molecular complexity index is 5440. The number of benzene rings is 10. The molecule has 0 unspecified atom stereocenters. The summed E-state index contributed by atoms with van der Waals surface area (Å²) in [5.41, 5.74) is 52.0. The van der Waals surface area contributed by atoms with Crippen LogP contribution in [0.25, 0.3) is 45.6 Å². The highest BCUT2D eigenvalue weighted by Crippen LogP contribution is 2.69. The molecule has 5 heteroatoms. The minimum absolute atomic E-state index is 0.00734. The molecule has 5 aromatic heterocycles. The topological polar surface area (TPSA) is 78.9 Å². The number of aromatic amines is 5. The lowest BCUT2D eigenvalue weighted by atomic mass is 9.59. The van der Waals surface area contributed by atoms with Gasteiger partial charge < -0.3 is 24.9 Å². The van der Waals surface area contributed by atoms with Gasteiger partial charge in [-0.15, -0.1) is 0 Å². The fourth-order valence-electron chi connectivity index (χ4n) is 22.2. The van der Waals surface area contributed by atoms with E-state index in [1.54, 1.807) is 0 Å². The van der Waals surface area contributed by atoms with Gasteiger partial charge in [0.25, 0.3) is 0 Å². The van der Waals surface area contributed by atoms with E-state index >= 15 is 0 Å². The maximum absolute atomic E-state index is 4.68. The van der Waals surface area contributed by atoms with E-state index in [0.29, 0.717) is 0 Å². The van der Waals surface area contributed by atoms with Crippen LogP contribution in [0.3, 0.4) is 0 Å². The van der Waals surface area contributed by atoms with E-state index < -0.39 is 0 Å². The smallest absolute Gasteiger partial charge is 0.0673 e. The Kier molecular flexibility index (Phi) is 8.84. The van der Waals surface area contributed by atoms with Gasteiger partial charge in [0.2, 0.25) is 0 Å². The summed E-state index contributed by atoms with van der Waals surface area (Å²) in [6.07, 6.45) is 4.76. The summed E-state index contributed by atoms with van der Waals surface area (Å²) < 4.78 is 0. The Hall–Kier alpha value is -11.4. The van der Waals surface area contributed by atoms with Crippen molar-refractivity contribution < 1.29 is 0 Å². The normalized spacial score (nSPS) is 22.5. The average Bonchev–Trinajstić information content (AvgIpc) is 1.55. The first kappa shape index (κ1) is 49.3. The van der Waals surface area contributed by atoms with Gasteiger partial charge in [-0.05, 0) is 167 Å². The number of H-pyrrole nitrogens is 5. The van der Waals surface area contributed by atoms with Gasteiger partial charge in [-0.2, -0.15) is 0 Å². The van der Waals surface area contributed by atoms with Crippen molar-refractivity contribution in [3.63, 3.8) is 0 Å². The Morgan fingerprint density at radius 2 is 0.274 bits per heavy atom. The van der Waals surface area contributed by atoms with Crippen LogP contribution in [0.4, 0.5) is 0 Å². The third kappa shape index (κ3) is 5.63. The van der Waals surface area contributed by atoms with Gasteiger partial charge in [0.1, 0.15) is 0 Å². The van der Waals surface area contributed by atoms with Gasteiger partial charge in [-0.25, -0.2) is 0 Å². The SMILES string of the molecule is c1ccc2c(c1)C1c3ccccc3C2c2c1c[nH]c2-c1[nH]c(-c2[nH]c(-c3[nH]c(-c4[nH]cc5c4C4c6ccccc6C5c5ccccc54)c4c3C3c5ccccc5C4c4ccccc43)c3c2C2c4ccccc4C3c3ccccc32)c2c1C1c3ccccc3C2c2ccccc21. The molecule has 30 rings (SSSR count). The molecule has 0 atom stereocenters. The summed E-state index contributed by atoms with van der Waals surface area (Å²) in [6.45, 7) is 0. The van der Waals surface area contributed by atoms with Crippen LogP contribution in [-0.4, -0.2) is 24.9 Å². The molecular weight excluding hydrogens is 1150 g/mol. The minimum Gasteiger partial charge on any atom is -0.359 e. The van der Waals surface area contributed by atoms with Gasteiger partial charge in [0, 0.05) is 71.6 Å². The van der Waals surface area contributed by atoms with Gasteiger partial charge in [0.05, 0.1) is 45.6 Å². The first-order valence-corrected chi connectivity index (χ1v) is 34.3. The summed E-state index contributed by atoms with van der Waals surface area (Å²) >= 11 is 0. The molecule has 95 heavy (non-hydrogen) atoms. The van der Waals surface area contributed by atoms with Crippen molar-refractivity contribution in [3.8, 4) is 45.6 Å². The van der Waals surface area contributed by atoms with Crippen LogP contribution in [0, 0.1) is 0 Å². The van der Waals surface area contributed by atoms with E-state index in [4.69, 9.17) is 0 Å². The summed E-state index contributed by atoms with van der Waals surface area (Å²) in [4.78, 5) is 22.2. The van der Waals surface area contributed by atoms with Gasteiger partial charge in [-0.3, -0.25) is 0 Å². The number of hydrogen-bond donors (Lipinski definition) is 5. The van der Waals surface area contributed by atoms with Crippen LogP contribution in [0.1, 0.15) is 226 Å². The molecule has 10 aromatic carbocycles. The molecule has 442 valence electrons. The molecule has 0 fully saturated rings. The van der Waals surface area contributed by atoms with E-state index in [1.807, 2.05) is 0 Å². The van der Waals surface area contributed by atoms with E-state index in [0.717, 1.165) is 0 Å². The standard InChI is InChI=1S/C90H57N5/c1-5-25-47-43(21-1)65-44-22-2-6-26-48(44)67(47)75-63(65)41-91-83(75)85-77-69-51-29-9-13-33-55(51)71(56-34-14-10-30-52(56)69)79(77)87(93-85)89-81-73-59-37-17-19-39-61(59)74(62-40-20-18-38-60(62)73)82(81)90(95-89)88-80-72-57-35-15-11-31-53(57)70(54-32-12-16-36-58(54)72)78(80)86(94-88)84-76-64(42-92-84)66-45-23-3-7-27-49(45)68(76)50-28-8-4-24-46(50)66/h1-42,65-74,91-95H. The van der Waals surface area contributed by atoms with Gasteiger partial charge in [0.15, 0.2) is 0 Å². The van der Waals surface area contributed by atoms with Crippen LogP contribution in [0.15, 0.2) is 255 Å². The molecule has 5 heterocycles. The molecule has 0 radical (unpaired) electrons. The minimum atomic E-state index is -0.0265. The molecule has 0 saturated carbocycles. The quantitative estimate of drug-likeness (QED) is 0.116. The van der Waals surface area contributed by atoms with Crippen LogP contribution >= 0.6 is 0 Å². The Morgan fingerprint density at radius 3 is 0.442 bits per heavy atom. The first-order chi connectivity index (χ1) is 47.2. The predicted molar refractivity (Wildman–Crippen MR) is 374 cm³/mol. The molecule has 5 N–H and O–H groups in total. The predicted octanol–water partition coefficient (Wildman–Crippen LogP) is 19.9. The fourth-order valence-corrected chi connectivity index (χ4v) is 22.2. The number of nitrogens with one attached hydrogen (secondary N) is 5. The lowest BCUT2D eigenvalue weighted by molar-refractivity contribution is 0.754. The maximum Gasteiger partial charge on any atom is 0.0673 e. The van der Waals surface area contributed by atoms with E-state index in [-0.39, 0.29) is 59.2 Å².